The summed E-state index contributed by atoms with van der Waals surface area (Å²) >= 11 is 0. The van der Waals surface area contributed by atoms with Crippen LogP contribution in [0.25, 0.3) is 10.8 Å². The highest BCUT2D eigenvalue weighted by atomic mass is 16.2. The van der Waals surface area contributed by atoms with Crippen molar-refractivity contribution >= 4 is 22.3 Å². The Balaban J connectivity index is 2.13. The van der Waals surface area contributed by atoms with Crippen LogP contribution in [0.5, 0.6) is 0 Å². The zero-order chi connectivity index (χ0) is 13.4. The molecule has 3 nitrogen and oxygen atoms in total. The maximum absolute atomic E-state index is 12.2. The number of fused-ring (bicyclic) bond motifs is 2. The maximum Gasteiger partial charge on any atom is 0.230 e. The van der Waals surface area contributed by atoms with Crippen LogP contribution in [0.3, 0.4) is 0 Å². The van der Waals surface area contributed by atoms with Crippen molar-refractivity contribution in [2.45, 2.75) is 19.4 Å². The van der Waals surface area contributed by atoms with Gasteiger partial charge in [0.1, 0.15) is 0 Å². The van der Waals surface area contributed by atoms with Crippen LogP contribution in [-0.4, -0.2) is 24.2 Å². The van der Waals surface area contributed by atoms with Crippen molar-refractivity contribution in [2.24, 2.45) is 0 Å². The van der Waals surface area contributed by atoms with Crippen LogP contribution in [0, 0.1) is 0 Å². The van der Waals surface area contributed by atoms with E-state index in [2.05, 4.69) is 5.32 Å². The van der Waals surface area contributed by atoms with Gasteiger partial charge in [0, 0.05) is 5.56 Å². The monoisotopic (exact) mass is 253 g/mol. The summed E-state index contributed by atoms with van der Waals surface area (Å²) in [6.45, 7) is 2.63. The second-order valence-corrected chi connectivity index (χ2v) is 4.86. The first-order valence-electron chi connectivity index (χ1n) is 6.54. The van der Waals surface area contributed by atoms with E-state index < -0.39 is 0 Å². The molecule has 0 aliphatic heterocycles. The molecule has 0 fully saturated rings. The van der Waals surface area contributed by atoms with Gasteiger partial charge in [0.25, 0.3) is 0 Å². The molecule has 19 heavy (non-hydrogen) atoms. The van der Waals surface area contributed by atoms with Gasteiger partial charge in [-0.25, -0.2) is 0 Å². The molecule has 2 aromatic rings. The zero-order valence-electron chi connectivity index (χ0n) is 10.8. The molecule has 1 aliphatic carbocycles. The fourth-order valence-corrected chi connectivity index (χ4v) is 2.68. The van der Waals surface area contributed by atoms with Gasteiger partial charge in [0.15, 0.2) is 0 Å². The Kier molecular flexibility index (Phi) is 2.91. The Labute approximate surface area is 111 Å². The number of hydrogen-bond acceptors (Lipinski definition) is 3. The minimum Gasteiger partial charge on any atom is -0.307 e. The van der Waals surface area contributed by atoms with Crippen LogP contribution in [0.15, 0.2) is 36.4 Å². The summed E-state index contributed by atoms with van der Waals surface area (Å²) in [6, 6.07) is 11.4. The van der Waals surface area contributed by atoms with Crippen LogP contribution in [0.4, 0.5) is 0 Å². The lowest BCUT2D eigenvalue weighted by molar-refractivity contribution is -0.117. The number of rotatable bonds is 2. The molecule has 1 unspecified atom stereocenters. The molecular weight excluding hydrogens is 238 g/mol. The van der Waals surface area contributed by atoms with E-state index in [0.29, 0.717) is 18.5 Å². The van der Waals surface area contributed by atoms with Crippen molar-refractivity contribution in [3.8, 4) is 0 Å². The Morgan fingerprint density at radius 2 is 1.84 bits per heavy atom. The molecule has 0 bridgehead atoms. The quantitative estimate of drug-likeness (QED) is 0.834. The van der Waals surface area contributed by atoms with Crippen LogP contribution in [-0.2, 0) is 11.2 Å². The highest BCUT2D eigenvalue weighted by Gasteiger charge is 2.33. The largest absolute Gasteiger partial charge is 0.307 e. The molecule has 0 spiro atoms. The molecule has 0 aromatic heterocycles. The summed E-state index contributed by atoms with van der Waals surface area (Å²) in [6.07, 6.45) is 0.596. The van der Waals surface area contributed by atoms with Gasteiger partial charge in [-0.15, -0.1) is 0 Å². The molecule has 1 aliphatic rings. The molecule has 1 N–H and O–H groups in total. The zero-order valence-corrected chi connectivity index (χ0v) is 10.8. The van der Waals surface area contributed by atoms with Gasteiger partial charge in [-0.1, -0.05) is 37.3 Å². The van der Waals surface area contributed by atoms with Gasteiger partial charge in [0.05, 0.1) is 6.04 Å². The normalized spacial score (nSPS) is 18.7. The van der Waals surface area contributed by atoms with E-state index in [9.17, 15) is 9.59 Å². The number of ketones is 2. The Morgan fingerprint density at radius 1 is 1.16 bits per heavy atom. The number of nitrogens with one attached hydrogen (secondary N) is 1. The fourth-order valence-electron chi connectivity index (χ4n) is 2.68. The number of hydrogen-bond donors (Lipinski definition) is 1. The summed E-state index contributed by atoms with van der Waals surface area (Å²) in [5.41, 5.74) is 1.53. The van der Waals surface area contributed by atoms with Crippen molar-refractivity contribution in [2.75, 3.05) is 6.54 Å². The first-order valence-corrected chi connectivity index (χ1v) is 6.54. The standard InChI is InChI=1S/C16H15NO2/c1-2-17-14-9-12-7-10-5-3-4-6-11(10)8-13(12)15(18)16(14)19/h3-8,14,17H,2,9H2,1H3. The molecule has 0 saturated heterocycles. The summed E-state index contributed by atoms with van der Waals surface area (Å²) in [5, 5.41) is 5.20. The third kappa shape index (κ3) is 1.96. The molecular formula is C16H15NO2. The molecule has 2 aromatic carbocycles. The molecule has 3 rings (SSSR count). The highest BCUT2D eigenvalue weighted by molar-refractivity contribution is 6.46. The van der Waals surface area contributed by atoms with E-state index in [1.54, 1.807) is 0 Å². The van der Waals surface area contributed by atoms with Crippen LogP contribution in [0.1, 0.15) is 22.8 Å². The second-order valence-electron chi connectivity index (χ2n) is 4.86. The number of Topliss-reactive ketones (excluding diaryl/α,β-unsaturated/α-hetero) is 2. The third-order valence-corrected chi connectivity index (χ3v) is 3.63. The molecule has 0 radical (unpaired) electrons. The minimum atomic E-state index is -0.369. The van der Waals surface area contributed by atoms with Gasteiger partial charge in [-0.3, -0.25) is 9.59 Å². The number of likely N-dealkylation sites (N-methyl/N-ethyl adjacent to an activating group) is 1. The van der Waals surface area contributed by atoms with E-state index in [1.807, 2.05) is 43.3 Å². The van der Waals surface area contributed by atoms with Gasteiger partial charge in [-0.2, -0.15) is 0 Å². The smallest absolute Gasteiger partial charge is 0.230 e. The van der Waals surface area contributed by atoms with E-state index >= 15 is 0 Å². The average molecular weight is 253 g/mol. The Hall–Kier alpha value is -2.00. The molecule has 3 heteroatoms. The average Bonchev–Trinajstić information content (AvgIpc) is 2.43. The van der Waals surface area contributed by atoms with Crippen molar-refractivity contribution in [1.29, 1.82) is 0 Å². The van der Waals surface area contributed by atoms with E-state index in [4.69, 9.17) is 0 Å². The summed E-state index contributed by atoms with van der Waals surface area (Å²) in [5.74, 6) is -0.678. The number of carbonyl (C=O) groups excluding carboxylic acids is 2. The van der Waals surface area contributed by atoms with Gasteiger partial charge >= 0.3 is 0 Å². The van der Waals surface area contributed by atoms with Crippen molar-refractivity contribution in [3.05, 3.63) is 47.5 Å². The van der Waals surface area contributed by atoms with Crippen LogP contribution < -0.4 is 5.32 Å². The minimum absolute atomic E-state index is 0.315. The molecule has 0 heterocycles. The predicted molar refractivity (Wildman–Crippen MR) is 74.5 cm³/mol. The predicted octanol–water partition coefficient (Wildman–Crippen LogP) is 2.13. The first-order chi connectivity index (χ1) is 9.20. The molecule has 1 atom stereocenters. The summed E-state index contributed by atoms with van der Waals surface area (Å²) in [4.78, 5) is 24.2. The highest BCUT2D eigenvalue weighted by Crippen LogP contribution is 2.25. The second kappa shape index (κ2) is 4.59. The van der Waals surface area contributed by atoms with Crippen molar-refractivity contribution in [3.63, 3.8) is 0 Å². The Bertz CT molecular complexity index is 676. The third-order valence-electron chi connectivity index (χ3n) is 3.63. The topological polar surface area (TPSA) is 46.2 Å². The lowest BCUT2D eigenvalue weighted by atomic mass is 9.84. The lowest BCUT2D eigenvalue weighted by Gasteiger charge is -2.23. The molecule has 0 amide bonds. The van der Waals surface area contributed by atoms with Crippen molar-refractivity contribution in [1.82, 2.24) is 5.32 Å². The summed E-state index contributed by atoms with van der Waals surface area (Å²) in [7, 11) is 0. The maximum atomic E-state index is 12.2. The number of benzene rings is 2. The molecule has 96 valence electrons. The van der Waals surface area contributed by atoms with E-state index in [-0.39, 0.29) is 17.6 Å². The summed E-state index contributed by atoms with van der Waals surface area (Å²) < 4.78 is 0. The lowest BCUT2D eigenvalue weighted by Crippen LogP contribution is -2.45. The fraction of sp³-hybridized carbons (Fsp3) is 0.250. The SMILES string of the molecule is CCNC1Cc2cc3ccccc3cc2C(=O)C1=O. The van der Waals surface area contributed by atoms with Gasteiger partial charge < -0.3 is 5.32 Å². The molecule has 0 saturated carbocycles. The van der Waals surface area contributed by atoms with Crippen molar-refractivity contribution < 1.29 is 9.59 Å². The van der Waals surface area contributed by atoms with E-state index in [1.165, 1.54) is 0 Å². The van der Waals surface area contributed by atoms with Gasteiger partial charge in [-0.05, 0) is 35.4 Å². The Morgan fingerprint density at radius 3 is 2.53 bits per heavy atom. The van der Waals surface area contributed by atoms with Gasteiger partial charge in [0.2, 0.25) is 11.6 Å². The first kappa shape index (κ1) is 12.1. The number of carbonyl (C=O) groups is 2. The van der Waals surface area contributed by atoms with Crippen LogP contribution in [0.2, 0.25) is 0 Å². The van der Waals surface area contributed by atoms with Crippen LogP contribution >= 0.6 is 0 Å². The van der Waals surface area contributed by atoms with E-state index in [0.717, 1.165) is 16.3 Å².